The summed E-state index contributed by atoms with van der Waals surface area (Å²) in [7, 11) is 0. The van der Waals surface area contributed by atoms with Crippen LogP contribution < -0.4 is 10.6 Å². The van der Waals surface area contributed by atoms with Crippen molar-refractivity contribution in [3.05, 3.63) is 83.7 Å². The molecule has 2 aromatic carbocycles. The number of hydrogen-bond donors (Lipinski definition) is 3. The molecule has 1 heterocycles. The van der Waals surface area contributed by atoms with Crippen molar-refractivity contribution in [2.75, 3.05) is 11.9 Å². The van der Waals surface area contributed by atoms with E-state index in [-0.39, 0.29) is 30.3 Å². The molecule has 34 heavy (non-hydrogen) atoms. The average molecular weight is 460 g/mol. The molecule has 174 valence electrons. The van der Waals surface area contributed by atoms with E-state index in [1.807, 2.05) is 43.3 Å². The highest BCUT2D eigenvalue weighted by Gasteiger charge is 2.29. The third-order valence-electron chi connectivity index (χ3n) is 5.78. The second kappa shape index (κ2) is 10.2. The Morgan fingerprint density at radius 1 is 1.00 bits per heavy atom. The van der Waals surface area contributed by atoms with Crippen LogP contribution in [0.25, 0.3) is 11.1 Å². The summed E-state index contributed by atoms with van der Waals surface area (Å²) in [5.74, 6) is -1.91. The summed E-state index contributed by atoms with van der Waals surface area (Å²) in [6.45, 7) is 1.95. The summed E-state index contributed by atoms with van der Waals surface area (Å²) in [4.78, 5) is 40.7. The number of carbonyl (C=O) groups is 3. The molecule has 0 aliphatic heterocycles. The predicted molar refractivity (Wildman–Crippen MR) is 127 cm³/mol. The van der Waals surface area contributed by atoms with E-state index in [4.69, 9.17) is 4.74 Å². The zero-order valence-electron chi connectivity index (χ0n) is 18.7. The van der Waals surface area contributed by atoms with Crippen LogP contribution in [0.3, 0.4) is 0 Å². The van der Waals surface area contributed by atoms with Crippen LogP contribution in [0, 0.1) is 0 Å². The van der Waals surface area contributed by atoms with Gasteiger partial charge in [-0.3, -0.25) is 10.1 Å². The fourth-order valence-corrected chi connectivity index (χ4v) is 4.20. The van der Waals surface area contributed by atoms with Gasteiger partial charge in [0, 0.05) is 12.1 Å². The van der Waals surface area contributed by atoms with Gasteiger partial charge in [0.05, 0.1) is 5.69 Å². The third-order valence-corrected chi connectivity index (χ3v) is 5.78. The number of nitrogens with one attached hydrogen (secondary N) is 2. The van der Waals surface area contributed by atoms with E-state index in [9.17, 15) is 19.5 Å². The molecule has 8 nitrogen and oxygen atoms in total. The standard InChI is InChI=1S/C26H25N3O5/c1-2-8-22(25(31)32)28-24(30)23-21(13-7-14-27-23)29-26(33)34-15-20-18-11-5-3-9-16(18)17-10-4-6-12-19(17)20/h3-7,9-14,20,22H,2,8,15H2,1H3,(H,28,30)(H,29,33)(H,31,32). The van der Waals surface area contributed by atoms with Crippen LogP contribution in [-0.4, -0.2) is 40.7 Å². The largest absolute Gasteiger partial charge is 0.480 e. The van der Waals surface area contributed by atoms with Crippen molar-refractivity contribution in [3.8, 4) is 11.1 Å². The summed E-state index contributed by atoms with van der Waals surface area (Å²) in [6.07, 6.45) is 1.54. The maximum absolute atomic E-state index is 12.6. The first-order valence-corrected chi connectivity index (χ1v) is 11.1. The van der Waals surface area contributed by atoms with Crippen molar-refractivity contribution in [3.63, 3.8) is 0 Å². The van der Waals surface area contributed by atoms with Gasteiger partial charge in [0.25, 0.3) is 5.91 Å². The van der Waals surface area contributed by atoms with Crippen LogP contribution in [0.4, 0.5) is 10.5 Å². The smallest absolute Gasteiger partial charge is 0.411 e. The summed E-state index contributed by atoms with van der Waals surface area (Å²) >= 11 is 0. The summed E-state index contributed by atoms with van der Waals surface area (Å²) < 4.78 is 5.53. The topological polar surface area (TPSA) is 118 Å². The number of amides is 2. The zero-order chi connectivity index (χ0) is 24.1. The average Bonchev–Trinajstić information content (AvgIpc) is 3.16. The van der Waals surface area contributed by atoms with Crippen LogP contribution in [0.2, 0.25) is 0 Å². The molecule has 0 radical (unpaired) electrons. The molecule has 0 saturated heterocycles. The number of ether oxygens (including phenoxy) is 1. The van der Waals surface area contributed by atoms with Gasteiger partial charge in [-0.05, 0) is 40.8 Å². The molecule has 8 heteroatoms. The maximum Gasteiger partial charge on any atom is 0.411 e. The highest BCUT2D eigenvalue weighted by atomic mass is 16.5. The lowest BCUT2D eigenvalue weighted by Crippen LogP contribution is -2.41. The number of anilines is 1. The Balaban J connectivity index is 1.45. The Hall–Kier alpha value is -4.20. The fraction of sp³-hybridized carbons (Fsp3) is 0.231. The lowest BCUT2D eigenvalue weighted by molar-refractivity contribution is -0.139. The molecule has 3 N–H and O–H groups in total. The van der Waals surface area contributed by atoms with E-state index in [1.165, 1.54) is 12.3 Å². The Morgan fingerprint density at radius 2 is 1.65 bits per heavy atom. The van der Waals surface area contributed by atoms with Crippen molar-refractivity contribution in [2.24, 2.45) is 0 Å². The van der Waals surface area contributed by atoms with Crippen molar-refractivity contribution >= 4 is 23.7 Å². The van der Waals surface area contributed by atoms with E-state index in [0.717, 1.165) is 22.3 Å². The molecular weight excluding hydrogens is 434 g/mol. The van der Waals surface area contributed by atoms with Crippen molar-refractivity contribution in [1.82, 2.24) is 10.3 Å². The van der Waals surface area contributed by atoms with Crippen LogP contribution in [0.1, 0.15) is 47.3 Å². The molecule has 4 rings (SSSR count). The molecular formula is C26H25N3O5. The van der Waals surface area contributed by atoms with E-state index in [0.29, 0.717) is 6.42 Å². The lowest BCUT2D eigenvalue weighted by Gasteiger charge is -2.16. The lowest BCUT2D eigenvalue weighted by atomic mass is 9.98. The second-order valence-corrected chi connectivity index (χ2v) is 8.00. The van der Waals surface area contributed by atoms with Crippen molar-refractivity contribution in [1.29, 1.82) is 0 Å². The molecule has 3 aromatic rings. The Bertz CT molecular complexity index is 1180. The predicted octanol–water partition coefficient (Wildman–Crippen LogP) is 4.43. The van der Waals surface area contributed by atoms with Gasteiger partial charge in [0.2, 0.25) is 0 Å². The van der Waals surface area contributed by atoms with Gasteiger partial charge in [0.15, 0.2) is 5.69 Å². The number of nitrogens with zero attached hydrogens (tertiary/aromatic N) is 1. The van der Waals surface area contributed by atoms with Crippen molar-refractivity contribution < 1.29 is 24.2 Å². The van der Waals surface area contributed by atoms with E-state index >= 15 is 0 Å². The SMILES string of the molecule is CCCC(NC(=O)c1ncccc1NC(=O)OCC1c2ccccc2-c2ccccc21)C(=O)O. The van der Waals surface area contributed by atoms with E-state index in [2.05, 4.69) is 27.8 Å². The molecule has 1 aliphatic rings. The van der Waals surface area contributed by atoms with Crippen LogP contribution in [-0.2, 0) is 9.53 Å². The fourth-order valence-electron chi connectivity index (χ4n) is 4.20. The number of carboxylic acids is 1. The number of carboxylic acid groups (broad SMARTS) is 1. The van der Waals surface area contributed by atoms with Crippen LogP contribution in [0.15, 0.2) is 66.9 Å². The molecule has 1 aromatic heterocycles. The van der Waals surface area contributed by atoms with Gasteiger partial charge in [0.1, 0.15) is 12.6 Å². The Labute approximate surface area is 197 Å². The summed E-state index contributed by atoms with van der Waals surface area (Å²) in [5, 5.41) is 14.3. The quantitative estimate of drug-likeness (QED) is 0.459. The molecule has 0 spiro atoms. The van der Waals surface area contributed by atoms with Gasteiger partial charge in [-0.2, -0.15) is 0 Å². The monoisotopic (exact) mass is 459 g/mol. The minimum atomic E-state index is -1.13. The first-order chi connectivity index (χ1) is 16.5. The van der Waals surface area contributed by atoms with Gasteiger partial charge in [-0.1, -0.05) is 61.9 Å². The van der Waals surface area contributed by atoms with E-state index < -0.39 is 24.0 Å². The zero-order valence-corrected chi connectivity index (χ0v) is 18.7. The first kappa shape index (κ1) is 23.0. The molecule has 1 aliphatic carbocycles. The summed E-state index contributed by atoms with van der Waals surface area (Å²) in [6, 6.07) is 18.1. The first-order valence-electron chi connectivity index (χ1n) is 11.1. The van der Waals surface area contributed by atoms with Crippen LogP contribution >= 0.6 is 0 Å². The van der Waals surface area contributed by atoms with Crippen LogP contribution in [0.5, 0.6) is 0 Å². The maximum atomic E-state index is 12.6. The summed E-state index contributed by atoms with van der Waals surface area (Å²) in [5.41, 5.74) is 4.48. The number of aliphatic carboxylic acids is 1. The number of carbonyl (C=O) groups excluding carboxylic acids is 2. The molecule has 1 atom stereocenters. The number of rotatable bonds is 8. The van der Waals surface area contributed by atoms with E-state index in [1.54, 1.807) is 6.07 Å². The molecule has 0 bridgehead atoms. The normalized spacial score (nSPS) is 12.9. The number of pyridine rings is 1. The number of aromatic nitrogens is 1. The number of hydrogen-bond acceptors (Lipinski definition) is 5. The highest BCUT2D eigenvalue weighted by molar-refractivity contribution is 6.02. The minimum absolute atomic E-state index is 0.0849. The molecule has 0 saturated carbocycles. The number of fused-ring (bicyclic) bond motifs is 3. The van der Waals surface area contributed by atoms with Gasteiger partial charge >= 0.3 is 12.1 Å². The highest BCUT2D eigenvalue weighted by Crippen LogP contribution is 2.44. The third kappa shape index (κ3) is 4.76. The van der Waals surface area contributed by atoms with Crippen molar-refractivity contribution in [2.45, 2.75) is 31.7 Å². The molecule has 0 fully saturated rings. The molecule has 1 unspecified atom stereocenters. The Kier molecular flexibility index (Phi) is 6.87. The second-order valence-electron chi connectivity index (χ2n) is 8.00. The van der Waals surface area contributed by atoms with Gasteiger partial charge in [-0.15, -0.1) is 0 Å². The number of benzene rings is 2. The molecule has 2 amide bonds. The van der Waals surface area contributed by atoms with Gasteiger partial charge in [-0.25, -0.2) is 14.6 Å². The Morgan fingerprint density at radius 3 is 2.26 bits per heavy atom. The minimum Gasteiger partial charge on any atom is -0.480 e. The van der Waals surface area contributed by atoms with Gasteiger partial charge < -0.3 is 15.2 Å².